The Balaban J connectivity index is 1.61. The van der Waals surface area contributed by atoms with Crippen molar-refractivity contribution >= 4 is 34.6 Å². The highest BCUT2D eigenvalue weighted by molar-refractivity contribution is 7.80. The van der Waals surface area contributed by atoms with Crippen LogP contribution in [0.5, 0.6) is 0 Å². The number of carbonyl (C=O) groups excluding carboxylic acids is 1. The van der Waals surface area contributed by atoms with Crippen LogP contribution in [0, 0.1) is 6.92 Å². The molecular weight excluding hydrogens is 456 g/mol. The first-order valence-corrected chi connectivity index (χ1v) is 12.0. The SMILES string of the molecule is CCC(=O)Nc1ccc(N2C(=S)N[C@H](c3ccccn3)[C@H]2c2cccn2-c2cccnc2)cc1C. The quantitative estimate of drug-likeness (QED) is 0.373. The lowest BCUT2D eigenvalue weighted by Crippen LogP contribution is -2.30. The molecule has 2 atom stereocenters. The zero-order chi connectivity index (χ0) is 24.4. The van der Waals surface area contributed by atoms with Crippen molar-refractivity contribution in [2.75, 3.05) is 10.2 Å². The number of pyridine rings is 2. The molecule has 0 unspecified atom stereocenters. The van der Waals surface area contributed by atoms with Gasteiger partial charge in [-0.25, -0.2) is 0 Å². The normalized spacial score (nSPS) is 17.3. The minimum absolute atomic E-state index is 0.0124. The smallest absolute Gasteiger partial charge is 0.224 e. The van der Waals surface area contributed by atoms with E-state index in [1.807, 2.05) is 74.8 Å². The molecule has 3 aromatic heterocycles. The molecule has 0 radical (unpaired) electrons. The number of carbonyl (C=O) groups is 1. The van der Waals surface area contributed by atoms with Crippen molar-refractivity contribution < 1.29 is 4.79 Å². The fraction of sp³-hybridized carbons (Fsp3) is 0.185. The highest BCUT2D eigenvalue weighted by Gasteiger charge is 2.42. The molecule has 5 rings (SSSR count). The van der Waals surface area contributed by atoms with Crippen LogP contribution in [-0.2, 0) is 4.79 Å². The van der Waals surface area contributed by atoms with Gasteiger partial charge in [0.15, 0.2) is 5.11 Å². The van der Waals surface area contributed by atoms with Crippen molar-refractivity contribution in [3.63, 3.8) is 0 Å². The first-order chi connectivity index (χ1) is 17.1. The second-order valence-corrected chi connectivity index (χ2v) is 8.80. The van der Waals surface area contributed by atoms with Crippen molar-refractivity contribution in [3.05, 3.63) is 102 Å². The average Bonchev–Trinajstić information content (AvgIpc) is 3.50. The zero-order valence-electron chi connectivity index (χ0n) is 19.6. The summed E-state index contributed by atoms with van der Waals surface area (Å²) in [5, 5.41) is 7.09. The summed E-state index contributed by atoms with van der Waals surface area (Å²) < 4.78 is 2.14. The van der Waals surface area contributed by atoms with E-state index < -0.39 is 0 Å². The predicted octanol–water partition coefficient (Wildman–Crippen LogP) is 5.10. The number of benzene rings is 1. The molecule has 1 aliphatic heterocycles. The molecule has 0 bridgehead atoms. The summed E-state index contributed by atoms with van der Waals surface area (Å²) in [6.07, 6.45) is 7.88. The van der Waals surface area contributed by atoms with E-state index in [0.29, 0.717) is 11.5 Å². The Labute approximate surface area is 209 Å². The Hall–Kier alpha value is -4.04. The van der Waals surface area contributed by atoms with Gasteiger partial charge in [-0.15, -0.1) is 0 Å². The molecule has 2 N–H and O–H groups in total. The van der Waals surface area contributed by atoms with Gasteiger partial charge in [0, 0.05) is 42.1 Å². The molecule has 0 saturated carbocycles. The number of thiocarbonyl (C=S) groups is 1. The van der Waals surface area contributed by atoms with Crippen LogP contribution >= 0.6 is 12.2 Å². The Morgan fingerprint density at radius 3 is 2.69 bits per heavy atom. The molecule has 1 amide bonds. The summed E-state index contributed by atoms with van der Waals surface area (Å²) >= 11 is 5.87. The predicted molar refractivity (Wildman–Crippen MR) is 142 cm³/mol. The van der Waals surface area contributed by atoms with E-state index >= 15 is 0 Å². The van der Waals surface area contributed by atoms with Crippen LogP contribution in [0.25, 0.3) is 5.69 Å². The van der Waals surface area contributed by atoms with Gasteiger partial charge in [0.25, 0.3) is 0 Å². The van der Waals surface area contributed by atoms with Gasteiger partial charge in [0.2, 0.25) is 5.91 Å². The van der Waals surface area contributed by atoms with Gasteiger partial charge in [-0.1, -0.05) is 13.0 Å². The Morgan fingerprint density at radius 1 is 1.09 bits per heavy atom. The number of amides is 1. The number of rotatable bonds is 6. The van der Waals surface area contributed by atoms with Crippen LogP contribution < -0.4 is 15.5 Å². The Bertz CT molecular complexity index is 1350. The largest absolute Gasteiger partial charge is 0.351 e. The maximum atomic E-state index is 11.9. The van der Waals surface area contributed by atoms with E-state index in [4.69, 9.17) is 12.2 Å². The van der Waals surface area contributed by atoms with Crippen molar-refractivity contribution in [1.29, 1.82) is 0 Å². The van der Waals surface area contributed by atoms with Gasteiger partial charge in [0.05, 0.1) is 23.6 Å². The van der Waals surface area contributed by atoms with Crippen molar-refractivity contribution in [2.45, 2.75) is 32.4 Å². The number of aromatic nitrogens is 3. The molecule has 1 saturated heterocycles. The molecule has 1 aliphatic rings. The topological polar surface area (TPSA) is 75.1 Å². The molecule has 1 fully saturated rings. The van der Waals surface area contributed by atoms with Gasteiger partial charge in [-0.3, -0.25) is 14.8 Å². The number of anilines is 2. The van der Waals surface area contributed by atoms with Gasteiger partial charge in [0.1, 0.15) is 6.04 Å². The van der Waals surface area contributed by atoms with Crippen molar-refractivity contribution in [3.8, 4) is 5.69 Å². The van der Waals surface area contributed by atoms with Gasteiger partial charge >= 0.3 is 0 Å². The average molecular weight is 483 g/mol. The summed E-state index contributed by atoms with van der Waals surface area (Å²) in [5.41, 5.74) is 5.65. The third-order valence-electron chi connectivity index (χ3n) is 6.19. The lowest BCUT2D eigenvalue weighted by molar-refractivity contribution is -0.115. The Kier molecular flexibility index (Phi) is 6.29. The van der Waals surface area contributed by atoms with Crippen LogP contribution in [0.3, 0.4) is 0 Å². The van der Waals surface area contributed by atoms with E-state index in [1.54, 1.807) is 12.4 Å². The lowest BCUT2D eigenvalue weighted by Gasteiger charge is -2.29. The number of hydrogen-bond acceptors (Lipinski definition) is 4. The fourth-order valence-corrected chi connectivity index (χ4v) is 4.82. The molecular formula is C27H26N6OS. The number of aryl methyl sites for hydroxylation is 1. The monoisotopic (exact) mass is 482 g/mol. The maximum absolute atomic E-state index is 11.9. The lowest BCUT2D eigenvalue weighted by atomic mass is 10.0. The van der Waals surface area contributed by atoms with Gasteiger partial charge in [-0.2, -0.15) is 0 Å². The molecule has 176 valence electrons. The van der Waals surface area contributed by atoms with Crippen LogP contribution in [-0.4, -0.2) is 25.6 Å². The fourth-order valence-electron chi connectivity index (χ4n) is 4.48. The first kappa shape index (κ1) is 22.7. The first-order valence-electron chi connectivity index (χ1n) is 11.6. The highest BCUT2D eigenvalue weighted by Crippen LogP contribution is 2.42. The summed E-state index contributed by atoms with van der Waals surface area (Å²) in [4.78, 5) is 23.0. The van der Waals surface area contributed by atoms with E-state index in [1.165, 1.54) is 0 Å². The number of nitrogens with one attached hydrogen (secondary N) is 2. The molecule has 1 aromatic carbocycles. The molecule has 4 heterocycles. The minimum atomic E-state index is -0.164. The van der Waals surface area contributed by atoms with E-state index in [0.717, 1.165) is 34.0 Å². The molecule has 7 nitrogen and oxygen atoms in total. The Morgan fingerprint density at radius 2 is 1.97 bits per heavy atom. The summed E-state index contributed by atoms with van der Waals surface area (Å²) in [7, 11) is 0. The van der Waals surface area contributed by atoms with Crippen LogP contribution in [0.1, 0.15) is 42.4 Å². The van der Waals surface area contributed by atoms with Crippen LogP contribution in [0.4, 0.5) is 11.4 Å². The summed E-state index contributed by atoms with van der Waals surface area (Å²) in [5.74, 6) is -0.0124. The van der Waals surface area contributed by atoms with Crippen molar-refractivity contribution in [2.24, 2.45) is 0 Å². The summed E-state index contributed by atoms with van der Waals surface area (Å²) in [6, 6.07) is 19.7. The van der Waals surface area contributed by atoms with E-state index in [9.17, 15) is 4.79 Å². The van der Waals surface area contributed by atoms with Crippen LogP contribution in [0.2, 0.25) is 0 Å². The van der Waals surface area contributed by atoms with Gasteiger partial charge in [-0.05, 0) is 79.3 Å². The molecule has 0 aliphatic carbocycles. The molecule has 35 heavy (non-hydrogen) atoms. The van der Waals surface area contributed by atoms with E-state index in [-0.39, 0.29) is 18.0 Å². The number of hydrogen-bond donors (Lipinski definition) is 2. The molecule has 8 heteroatoms. The minimum Gasteiger partial charge on any atom is -0.351 e. The number of nitrogens with zero attached hydrogens (tertiary/aromatic N) is 4. The second-order valence-electron chi connectivity index (χ2n) is 8.41. The van der Waals surface area contributed by atoms with Crippen molar-refractivity contribution in [1.82, 2.24) is 19.9 Å². The van der Waals surface area contributed by atoms with Crippen LogP contribution in [0.15, 0.2) is 85.5 Å². The second kappa shape index (κ2) is 9.68. The molecule has 4 aromatic rings. The standard InChI is InChI=1S/C27H26N6OS/c1-3-24(34)30-21-12-11-19(16-18(21)2)33-26(25(31-27(33)35)22-9-4-5-14-29-22)23-10-7-15-32(23)20-8-6-13-28-17-20/h4-17,25-26H,3H2,1-2H3,(H,30,34)(H,31,35)/t25-,26-/m1/s1. The zero-order valence-corrected chi connectivity index (χ0v) is 20.4. The van der Waals surface area contributed by atoms with E-state index in [2.05, 4.69) is 42.2 Å². The third kappa shape index (κ3) is 4.40. The highest BCUT2D eigenvalue weighted by atomic mass is 32.1. The maximum Gasteiger partial charge on any atom is 0.224 e. The summed E-state index contributed by atoms with van der Waals surface area (Å²) in [6.45, 7) is 3.83. The third-order valence-corrected chi connectivity index (χ3v) is 6.50. The molecule has 0 spiro atoms. The van der Waals surface area contributed by atoms with Gasteiger partial charge < -0.3 is 20.1 Å².